The molecule has 0 fully saturated rings. The molecule has 0 aromatic heterocycles. The summed E-state index contributed by atoms with van der Waals surface area (Å²) in [6, 6.07) is -0.891. The number of nitroso groups, excluding NO2 is 1. The second-order valence-electron chi connectivity index (χ2n) is 4.42. The van der Waals surface area contributed by atoms with E-state index in [-0.39, 0.29) is 0 Å². The van der Waals surface area contributed by atoms with Gasteiger partial charge in [0, 0.05) is 5.18 Å². The molecule has 0 saturated heterocycles. The first-order chi connectivity index (χ1) is 7.30. The van der Waals surface area contributed by atoms with Gasteiger partial charge in [0.05, 0.1) is 0 Å². The van der Waals surface area contributed by atoms with Crippen molar-refractivity contribution in [1.29, 1.82) is 0 Å². The first-order valence-electron chi connectivity index (χ1n) is 5.17. The Labute approximate surface area is 94.7 Å². The van der Waals surface area contributed by atoms with Gasteiger partial charge in [-0.15, -0.1) is 4.91 Å². The van der Waals surface area contributed by atoms with Gasteiger partial charge >= 0.3 is 12.0 Å². The molecule has 0 aromatic carbocycles. The van der Waals surface area contributed by atoms with Crippen LogP contribution < -0.4 is 5.32 Å². The van der Waals surface area contributed by atoms with Gasteiger partial charge in [-0.2, -0.15) is 0 Å². The molecule has 6 nitrogen and oxygen atoms in total. The number of rotatable bonds is 4. The van der Waals surface area contributed by atoms with E-state index < -0.39 is 23.6 Å². The number of amides is 2. The molecule has 0 saturated carbocycles. The molecule has 0 spiro atoms. The molecule has 16 heavy (non-hydrogen) atoms. The Balaban J connectivity index is 4.34. The zero-order chi connectivity index (χ0) is 12.8. The third kappa shape index (κ3) is 6.10. The third-order valence-corrected chi connectivity index (χ3v) is 1.66. The molecule has 0 aliphatic rings. The number of ether oxygens (including phenoxy) is 1. The second kappa shape index (κ2) is 6.19. The van der Waals surface area contributed by atoms with Crippen LogP contribution in [-0.2, 0) is 9.53 Å². The molecule has 1 unspecified atom stereocenters. The minimum Gasteiger partial charge on any atom is -0.444 e. The predicted molar refractivity (Wildman–Crippen MR) is 58.9 cm³/mol. The lowest BCUT2D eigenvalue weighted by molar-refractivity contribution is -0.120. The molecule has 6 heteroatoms. The maximum Gasteiger partial charge on any atom is 0.408 e. The maximum absolute atomic E-state index is 11.3. The Morgan fingerprint density at radius 2 is 1.94 bits per heavy atom. The monoisotopic (exact) mass is 230 g/mol. The Hall–Kier alpha value is -1.46. The van der Waals surface area contributed by atoms with E-state index in [2.05, 4.69) is 10.5 Å². The summed E-state index contributed by atoms with van der Waals surface area (Å²) in [7, 11) is 0. The molecular formula is C10H18N2O4. The molecule has 0 aromatic rings. The average molecular weight is 230 g/mol. The van der Waals surface area contributed by atoms with Crippen LogP contribution in [0.5, 0.6) is 0 Å². The Kier molecular flexibility index (Phi) is 5.63. The minimum absolute atomic E-state index is 0.365. The van der Waals surface area contributed by atoms with Crippen molar-refractivity contribution < 1.29 is 14.3 Å². The number of hydrogen-bond donors (Lipinski definition) is 1. The fourth-order valence-corrected chi connectivity index (χ4v) is 1.06. The molecule has 0 bridgehead atoms. The van der Waals surface area contributed by atoms with E-state index in [0.717, 1.165) is 0 Å². The molecule has 1 atom stereocenters. The molecule has 2 amide bonds. The van der Waals surface area contributed by atoms with Crippen molar-refractivity contribution in [2.75, 3.05) is 0 Å². The van der Waals surface area contributed by atoms with Crippen molar-refractivity contribution in [3.8, 4) is 0 Å². The van der Waals surface area contributed by atoms with E-state index in [9.17, 15) is 14.5 Å². The molecule has 1 N–H and O–H groups in total. The molecule has 0 rings (SSSR count). The topological polar surface area (TPSA) is 84.8 Å². The lowest BCUT2D eigenvalue weighted by atomic mass is 10.1. The van der Waals surface area contributed by atoms with Crippen molar-refractivity contribution >= 4 is 12.0 Å². The highest BCUT2D eigenvalue weighted by molar-refractivity contribution is 5.86. The van der Waals surface area contributed by atoms with E-state index in [1.54, 1.807) is 20.8 Å². The number of hydrogen-bond acceptors (Lipinski definition) is 4. The second-order valence-corrected chi connectivity index (χ2v) is 4.42. The number of nitrogens with one attached hydrogen (secondary N) is 1. The van der Waals surface area contributed by atoms with Crippen LogP contribution >= 0.6 is 0 Å². The SMILES string of the molecule is CCCC(NC(=O)OC(C)(C)C)C(=O)N=O. The number of carbonyl (C=O) groups is 2. The van der Waals surface area contributed by atoms with Crippen LogP contribution in [0.3, 0.4) is 0 Å². The molecule has 0 aliphatic carbocycles. The smallest absolute Gasteiger partial charge is 0.408 e. The summed E-state index contributed by atoms with van der Waals surface area (Å²) in [5.74, 6) is -0.882. The van der Waals surface area contributed by atoms with Gasteiger partial charge in [0.2, 0.25) is 0 Å². The van der Waals surface area contributed by atoms with Crippen molar-refractivity contribution in [3.05, 3.63) is 4.91 Å². The average Bonchev–Trinajstić information content (AvgIpc) is 2.13. The number of alkyl carbamates (subject to hydrolysis) is 1. The van der Waals surface area contributed by atoms with Crippen molar-refractivity contribution in [2.24, 2.45) is 5.18 Å². The molecular weight excluding hydrogens is 212 g/mol. The predicted octanol–water partition coefficient (Wildman–Crippen LogP) is 1.97. The highest BCUT2D eigenvalue weighted by atomic mass is 16.6. The Morgan fingerprint density at radius 3 is 2.31 bits per heavy atom. The van der Waals surface area contributed by atoms with Gasteiger partial charge in [0.1, 0.15) is 11.6 Å². The summed E-state index contributed by atoms with van der Waals surface area (Å²) < 4.78 is 4.96. The largest absolute Gasteiger partial charge is 0.444 e. The first-order valence-corrected chi connectivity index (χ1v) is 5.17. The van der Waals surface area contributed by atoms with Crippen LogP contribution in [-0.4, -0.2) is 23.6 Å². The van der Waals surface area contributed by atoms with Crippen molar-refractivity contribution in [3.63, 3.8) is 0 Å². The van der Waals surface area contributed by atoms with E-state index >= 15 is 0 Å². The maximum atomic E-state index is 11.3. The summed E-state index contributed by atoms with van der Waals surface area (Å²) >= 11 is 0. The van der Waals surface area contributed by atoms with Gasteiger partial charge in [-0.1, -0.05) is 13.3 Å². The van der Waals surface area contributed by atoms with Crippen molar-refractivity contribution in [2.45, 2.75) is 52.2 Å². The lowest BCUT2D eigenvalue weighted by Gasteiger charge is -2.21. The van der Waals surface area contributed by atoms with Gasteiger partial charge in [-0.05, 0) is 27.2 Å². The normalized spacial score (nSPS) is 12.8. The van der Waals surface area contributed by atoms with Gasteiger partial charge in [0.25, 0.3) is 0 Å². The molecule has 0 radical (unpaired) electrons. The van der Waals surface area contributed by atoms with Crippen LogP contribution in [0, 0.1) is 4.91 Å². The fourth-order valence-electron chi connectivity index (χ4n) is 1.06. The van der Waals surface area contributed by atoms with Crippen LogP contribution in [0.15, 0.2) is 5.18 Å². The first kappa shape index (κ1) is 14.5. The van der Waals surface area contributed by atoms with E-state index in [0.29, 0.717) is 12.8 Å². The van der Waals surface area contributed by atoms with Crippen LogP contribution in [0.1, 0.15) is 40.5 Å². The van der Waals surface area contributed by atoms with Crippen LogP contribution in [0.2, 0.25) is 0 Å². The lowest BCUT2D eigenvalue weighted by Crippen LogP contribution is -2.42. The third-order valence-electron chi connectivity index (χ3n) is 1.66. The summed E-state index contributed by atoms with van der Waals surface area (Å²) in [5.41, 5.74) is -0.640. The summed E-state index contributed by atoms with van der Waals surface area (Å²) in [6.07, 6.45) is 0.300. The molecule has 0 aliphatic heterocycles. The highest BCUT2D eigenvalue weighted by Gasteiger charge is 2.23. The standard InChI is InChI=1S/C10H18N2O4/c1-5-6-7(8(13)12-15)11-9(14)16-10(2,3)4/h7H,5-6H2,1-4H3,(H,11,14). The minimum atomic E-state index is -0.891. The summed E-state index contributed by atoms with van der Waals surface area (Å²) in [4.78, 5) is 32.5. The highest BCUT2D eigenvalue weighted by Crippen LogP contribution is 2.08. The van der Waals surface area contributed by atoms with Crippen LogP contribution in [0.25, 0.3) is 0 Å². The fraction of sp³-hybridized carbons (Fsp3) is 0.800. The van der Waals surface area contributed by atoms with Gasteiger partial charge in [-0.25, -0.2) is 4.79 Å². The van der Waals surface area contributed by atoms with Gasteiger partial charge in [0.15, 0.2) is 0 Å². The zero-order valence-corrected chi connectivity index (χ0v) is 10.1. The molecule has 92 valence electrons. The quantitative estimate of drug-likeness (QED) is 0.748. The van der Waals surface area contributed by atoms with E-state index in [4.69, 9.17) is 4.74 Å². The number of carbonyl (C=O) groups excluding carboxylic acids is 2. The Bertz CT molecular complexity index is 270. The Morgan fingerprint density at radius 1 is 1.38 bits per heavy atom. The molecule has 0 heterocycles. The van der Waals surface area contributed by atoms with Crippen molar-refractivity contribution in [1.82, 2.24) is 5.32 Å². The van der Waals surface area contributed by atoms with Gasteiger partial charge < -0.3 is 10.1 Å². The number of nitrogens with zero attached hydrogens (tertiary/aromatic N) is 1. The van der Waals surface area contributed by atoms with E-state index in [1.807, 2.05) is 6.92 Å². The zero-order valence-electron chi connectivity index (χ0n) is 10.1. The van der Waals surface area contributed by atoms with Crippen LogP contribution in [0.4, 0.5) is 4.79 Å². The van der Waals surface area contributed by atoms with E-state index in [1.165, 1.54) is 0 Å². The van der Waals surface area contributed by atoms with Gasteiger partial charge in [-0.3, -0.25) is 4.79 Å². The summed E-state index contributed by atoms with van der Waals surface area (Å²) in [6.45, 7) is 6.96. The summed E-state index contributed by atoms with van der Waals surface area (Å²) in [5, 5.41) is 4.62.